The third-order valence-corrected chi connectivity index (χ3v) is 6.56. The van der Waals surface area contributed by atoms with E-state index in [1.165, 1.54) is 36.4 Å². The Morgan fingerprint density at radius 2 is 1.46 bits per heavy atom. The molecule has 1 heterocycles. The van der Waals surface area contributed by atoms with Crippen LogP contribution >= 0.6 is 0 Å². The quantitative estimate of drug-likeness (QED) is 0.237. The van der Waals surface area contributed by atoms with Gasteiger partial charge in [-0.15, -0.1) is 0 Å². The highest BCUT2D eigenvalue weighted by atomic mass is 19.4. The van der Waals surface area contributed by atoms with E-state index in [1.807, 2.05) is 30.3 Å². The number of halogens is 4. The minimum Gasteiger partial charge on any atom is -0.484 e. The molecular weight excluding hydrogens is 484 g/mol. The normalized spacial score (nSPS) is 15.9. The number of carbonyl (C=O) groups excluding carboxylic acids is 1. The van der Waals surface area contributed by atoms with Crippen LogP contribution in [0.4, 0.5) is 17.6 Å². The van der Waals surface area contributed by atoms with Gasteiger partial charge in [0.15, 0.2) is 5.78 Å². The van der Waals surface area contributed by atoms with Gasteiger partial charge in [-0.25, -0.2) is 4.39 Å². The molecule has 3 aromatic rings. The maximum absolute atomic E-state index is 13.0. The molecule has 4 nitrogen and oxygen atoms in total. The molecule has 0 radical (unpaired) electrons. The Hall–Kier alpha value is -3.23. The molecule has 37 heavy (non-hydrogen) atoms. The third-order valence-electron chi connectivity index (χ3n) is 6.56. The lowest BCUT2D eigenvalue weighted by molar-refractivity contribution is -0.137. The van der Waals surface area contributed by atoms with E-state index in [0.29, 0.717) is 24.3 Å². The highest BCUT2D eigenvalue weighted by molar-refractivity contribution is 5.95. The predicted molar refractivity (Wildman–Crippen MR) is 134 cm³/mol. The summed E-state index contributed by atoms with van der Waals surface area (Å²) in [4.78, 5) is 16.9. The lowest BCUT2D eigenvalue weighted by Crippen LogP contribution is -2.48. The smallest absolute Gasteiger partial charge is 0.416 e. The van der Waals surface area contributed by atoms with Crippen molar-refractivity contribution in [3.05, 3.63) is 101 Å². The number of benzene rings is 3. The number of nitrogens with zero attached hydrogens (tertiary/aromatic N) is 2. The van der Waals surface area contributed by atoms with E-state index < -0.39 is 11.7 Å². The summed E-state index contributed by atoms with van der Waals surface area (Å²) in [5.41, 5.74) is 0.793. The summed E-state index contributed by atoms with van der Waals surface area (Å²) in [6, 6.07) is 20.1. The van der Waals surface area contributed by atoms with Crippen molar-refractivity contribution in [3.8, 4) is 5.75 Å². The van der Waals surface area contributed by atoms with E-state index in [9.17, 15) is 22.4 Å². The van der Waals surface area contributed by atoms with E-state index in [-0.39, 0.29) is 17.7 Å². The first-order chi connectivity index (χ1) is 17.8. The van der Waals surface area contributed by atoms with Crippen molar-refractivity contribution in [2.24, 2.45) is 0 Å². The van der Waals surface area contributed by atoms with Crippen LogP contribution in [0.15, 0.2) is 78.9 Å². The number of hydrogen-bond donors (Lipinski definition) is 0. The number of piperazine rings is 1. The number of hydrogen-bond acceptors (Lipinski definition) is 4. The van der Waals surface area contributed by atoms with Crippen molar-refractivity contribution in [2.75, 3.05) is 39.3 Å². The van der Waals surface area contributed by atoms with E-state index in [0.717, 1.165) is 56.8 Å². The Kier molecular flexibility index (Phi) is 8.95. The largest absolute Gasteiger partial charge is 0.484 e. The van der Waals surface area contributed by atoms with Gasteiger partial charge in [-0.1, -0.05) is 30.3 Å². The minimum atomic E-state index is -4.38. The van der Waals surface area contributed by atoms with Crippen LogP contribution in [0.25, 0.3) is 0 Å². The maximum atomic E-state index is 13.0. The Morgan fingerprint density at radius 3 is 2.08 bits per heavy atom. The van der Waals surface area contributed by atoms with Gasteiger partial charge in [-0.05, 0) is 67.1 Å². The van der Waals surface area contributed by atoms with Gasteiger partial charge in [-0.3, -0.25) is 9.69 Å². The van der Waals surface area contributed by atoms with E-state index >= 15 is 0 Å². The topological polar surface area (TPSA) is 32.8 Å². The molecule has 0 spiro atoms. The van der Waals surface area contributed by atoms with Crippen molar-refractivity contribution in [3.63, 3.8) is 0 Å². The second-order valence-electron chi connectivity index (χ2n) is 9.22. The number of alkyl halides is 3. The molecule has 0 N–H and O–H groups in total. The molecule has 4 rings (SSSR count). The molecule has 1 aliphatic heterocycles. The van der Waals surface area contributed by atoms with Gasteiger partial charge in [0.1, 0.15) is 17.7 Å². The van der Waals surface area contributed by atoms with Gasteiger partial charge in [0.25, 0.3) is 0 Å². The third kappa shape index (κ3) is 7.87. The summed E-state index contributed by atoms with van der Waals surface area (Å²) >= 11 is 0. The first-order valence-electron chi connectivity index (χ1n) is 12.4. The highest BCUT2D eigenvalue weighted by Crippen LogP contribution is 2.31. The molecule has 0 saturated carbocycles. The summed E-state index contributed by atoms with van der Waals surface area (Å²) in [6.45, 7) is 4.78. The van der Waals surface area contributed by atoms with Crippen LogP contribution in [0.1, 0.15) is 40.4 Å². The number of Topliss-reactive ketones (excluding diaryl/α,β-unsaturated/α-hetero) is 1. The SMILES string of the molecule is O=C(CCCN1CCN(CC(Oc2ccc(C(F)(F)F)cc2)c2ccccc2)CC1)c1ccc(F)cc1. The monoisotopic (exact) mass is 514 g/mol. The standard InChI is InChI=1S/C29H30F4N2O2/c30-25-12-8-22(9-13-25)27(36)7-4-16-34-17-19-35(20-18-34)21-28(23-5-2-1-3-6-23)37-26-14-10-24(11-15-26)29(31,32)33/h1-3,5-6,8-15,28H,4,7,16-21H2. The fourth-order valence-electron chi connectivity index (χ4n) is 4.44. The van der Waals surface area contributed by atoms with Crippen LogP contribution < -0.4 is 4.74 Å². The van der Waals surface area contributed by atoms with Gasteiger partial charge >= 0.3 is 6.18 Å². The first kappa shape index (κ1) is 26.8. The first-order valence-corrected chi connectivity index (χ1v) is 12.4. The predicted octanol–water partition coefficient (Wildman–Crippen LogP) is 6.25. The van der Waals surface area contributed by atoms with E-state index in [4.69, 9.17) is 4.74 Å². The Morgan fingerprint density at radius 1 is 0.838 bits per heavy atom. The zero-order chi connectivity index (χ0) is 26.3. The van der Waals surface area contributed by atoms with E-state index in [1.54, 1.807) is 0 Å². The van der Waals surface area contributed by atoms with Crippen LogP contribution in [-0.4, -0.2) is 54.9 Å². The molecule has 1 saturated heterocycles. The van der Waals surface area contributed by atoms with Crippen LogP contribution in [0, 0.1) is 5.82 Å². The zero-order valence-electron chi connectivity index (χ0n) is 20.5. The molecule has 1 atom stereocenters. The molecule has 1 fully saturated rings. The average molecular weight is 515 g/mol. The minimum absolute atomic E-state index is 0.0183. The van der Waals surface area contributed by atoms with Crippen LogP contribution in [0.2, 0.25) is 0 Å². The highest BCUT2D eigenvalue weighted by Gasteiger charge is 2.30. The van der Waals surface area contributed by atoms with Crippen molar-refractivity contribution < 1.29 is 27.1 Å². The molecule has 1 unspecified atom stereocenters. The summed E-state index contributed by atoms with van der Waals surface area (Å²) in [5, 5.41) is 0. The number of carbonyl (C=O) groups is 1. The fraction of sp³-hybridized carbons (Fsp3) is 0.345. The molecule has 8 heteroatoms. The molecule has 3 aromatic carbocycles. The lowest BCUT2D eigenvalue weighted by Gasteiger charge is -2.36. The van der Waals surface area contributed by atoms with Crippen molar-refractivity contribution in [2.45, 2.75) is 25.1 Å². The van der Waals surface area contributed by atoms with Crippen LogP contribution in [0.3, 0.4) is 0 Å². The number of rotatable bonds is 10. The second kappa shape index (κ2) is 12.3. The van der Waals surface area contributed by atoms with Gasteiger partial charge < -0.3 is 9.64 Å². The maximum Gasteiger partial charge on any atom is 0.416 e. The summed E-state index contributed by atoms with van der Waals surface area (Å²) in [7, 11) is 0. The Balaban J connectivity index is 1.27. The molecule has 0 amide bonds. The number of ether oxygens (including phenoxy) is 1. The van der Waals surface area contributed by atoms with Crippen molar-refractivity contribution in [1.82, 2.24) is 9.80 Å². The summed E-state index contributed by atoms with van der Waals surface area (Å²) < 4.78 is 57.9. The van der Waals surface area contributed by atoms with Gasteiger partial charge in [0.05, 0.1) is 5.56 Å². The lowest BCUT2D eigenvalue weighted by atomic mass is 10.1. The van der Waals surface area contributed by atoms with Gasteiger partial charge in [0.2, 0.25) is 0 Å². The molecule has 196 valence electrons. The van der Waals surface area contributed by atoms with Crippen LogP contribution in [-0.2, 0) is 6.18 Å². The van der Waals surface area contributed by atoms with Crippen molar-refractivity contribution >= 4 is 5.78 Å². The molecule has 0 aliphatic carbocycles. The fourth-order valence-corrected chi connectivity index (χ4v) is 4.44. The molecule has 1 aliphatic rings. The summed E-state index contributed by atoms with van der Waals surface area (Å²) in [5.74, 6) is 0.0600. The molecular formula is C29H30F4N2O2. The number of ketones is 1. The molecule has 0 aromatic heterocycles. The second-order valence-corrected chi connectivity index (χ2v) is 9.22. The Bertz CT molecular complexity index is 1130. The van der Waals surface area contributed by atoms with Crippen LogP contribution in [0.5, 0.6) is 5.75 Å². The molecule has 0 bridgehead atoms. The van der Waals surface area contributed by atoms with E-state index in [2.05, 4.69) is 9.80 Å². The van der Waals surface area contributed by atoms with Crippen molar-refractivity contribution in [1.29, 1.82) is 0 Å². The average Bonchev–Trinajstić information content (AvgIpc) is 2.90. The van der Waals surface area contributed by atoms with Gasteiger partial charge in [-0.2, -0.15) is 13.2 Å². The summed E-state index contributed by atoms with van der Waals surface area (Å²) in [6.07, 6.45) is -3.55. The zero-order valence-corrected chi connectivity index (χ0v) is 20.5. The van der Waals surface area contributed by atoms with Gasteiger partial charge in [0, 0.05) is 44.7 Å². The Labute approximate surface area is 214 Å².